The minimum atomic E-state index is -1.35. The summed E-state index contributed by atoms with van der Waals surface area (Å²) >= 11 is 0. The first-order valence-corrected chi connectivity index (χ1v) is 5.16. The summed E-state index contributed by atoms with van der Waals surface area (Å²) in [7, 11) is 5.07. The van der Waals surface area contributed by atoms with E-state index in [1.165, 1.54) is 27.4 Å². The quantitative estimate of drug-likeness (QED) is 0.803. The van der Waals surface area contributed by atoms with Gasteiger partial charge in [0, 0.05) is 6.07 Å². The predicted molar refractivity (Wildman–Crippen MR) is 64.4 cm³/mol. The molecule has 0 bridgehead atoms. The van der Waals surface area contributed by atoms with Gasteiger partial charge >= 0.3 is 11.9 Å². The van der Waals surface area contributed by atoms with E-state index in [1.54, 1.807) is 0 Å². The monoisotopic (exact) mass is 270 g/mol. The van der Waals surface area contributed by atoms with Crippen molar-refractivity contribution < 1.29 is 33.6 Å². The Morgan fingerprint density at radius 3 is 1.89 bits per heavy atom. The van der Waals surface area contributed by atoms with Crippen LogP contribution in [0.1, 0.15) is 20.7 Å². The van der Waals surface area contributed by atoms with Gasteiger partial charge in [-0.2, -0.15) is 0 Å². The van der Waals surface area contributed by atoms with Crippen LogP contribution in [0.3, 0.4) is 0 Å². The lowest BCUT2D eigenvalue weighted by atomic mass is 10.0. The lowest BCUT2D eigenvalue weighted by Crippen LogP contribution is -2.14. The van der Waals surface area contributed by atoms with Crippen molar-refractivity contribution in [1.29, 1.82) is 0 Å². The van der Waals surface area contributed by atoms with E-state index in [0.29, 0.717) is 0 Å². The van der Waals surface area contributed by atoms with E-state index >= 15 is 0 Å². The van der Waals surface area contributed by atoms with E-state index < -0.39 is 11.9 Å². The van der Waals surface area contributed by atoms with Gasteiger partial charge in [-0.1, -0.05) is 0 Å². The van der Waals surface area contributed by atoms with Gasteiger partial charge in [0.2, 0.25) is 0 Å². The fourth-order valence-electron chi connectivity index (χ4n) is 1.64. The van der Waals surface area contributed by atoms with Crippen molar-refractivity contribution in [3.8, 4) is 17.2 Å². The molecule has 0 atom stereocenters. The molecule has 19 heavy (non-hydrogen) atoms. The molecule has 0 spiro atoms. The van der Waals surface area contributed by atoms with Crippen molar-refractivity contribution in [3.63, 3.8) is 0 Å². The highest BCUT2D eigenvalue weighted by molar-refractivity contribution is 6.07. The fourth-order valence-corrected chi connectivity index (χ4v) is 1.64. The topological polar surface area (TPSA) is 91.3 Å². The summed E-state index contributed by atoms with van der Waals surface area (Å²) in [6.07, 6.45) is 0. The molecule has 0 aliphatic heterocycles. The molecule has 0 aliphatic carbocycles. The molecular formula is C12H14O7. The Hall–Kier alpha value is -2.44. The van der Waals surface area contributed by atoms with Gasteiger partial charge in [0.05, 0.1) is 28.4 Å². The molecule has 0 radical (unpaired) electrons. The average Bonchev–Trinajstić information content (AvgIpc) is 2.43. The van der Waals surface area contributed by atoms with Crippen LogP contribution >= 0.6 is 0 Å². The van der Waals surface area contributed by atoms with Gasteiger partial charge in [0.25, 0.3) is 0 Å². The maximum Gasteiger partial charge on any atom is 0.342 e. The number of carboxylic acid groups (broad SMARTS) is 1. The average molecular weight is 270 g/mol. The van der Waals surface area contributed by atoms with Gasteiger partial charge < -0.3 is 24.1 Å². The summed E-state index contributed by atoms with van der Waals surface area (Å²) in [6, 6.07) is 1.36. The molecule has 0 unspecified atom stereocenters. The van der Waals surface area contributed by atoms with Crippen molar-refractivity contribution in [2.75, 3.05) is 28.4 Å². The molecule has 0 aromatic heterocycles. The van der Waals surface area contributed by atoms with Crippen LogP contribution in [0.25, 0.3) is 0 Å². The number of carboxylic acids is 1. The molecular weight excluding hydrogens is 256 g/mol. The van der Waals surface area contributed by atoms with Gasteiger partial charge in [0.15, 0.2) is 11.5 Å². The fraction of sp³-hybridized carbons (Fsp3) is 0.333. The molecule has 0 saturated heterocycles. The van der Waals surface area contributed by atoms with Crippen LogP contribution in [0.5, 0.6) is 17.2 Å². The lowest BCUT2D eigenvalue weighted by Gasteiger charge is -2.16. The van der Waals surface area contributed by atoms with Crippen molar-refractivity contribution >= 4 is 11.9 Å². The molecule has 7 nitrogen and oxygen atoms in total. The van der Waals surface area contributed by atoms with Crippen LogP contribution in [0, 0.1) is 0 Å². The van der Waals surface area contributed by atoms with Crippen LogP contribution in [-0.2, 0) is 4.74 Å². The minimum absolute atomic E-state index is 0.0295. The van der Waals surface area contributed by atoms with E-state index in [0.717, 1.165) is 7.11 Å². The third kappa shape index (κ3) is 2.54. The maximum atomic E-state index is 11.7. The molecule has 1 aromatic rings. The van der Waals surface area contributed by atoms with Crippen LogP contribution in [0.15, 0.2) is 6.07 Å². The zero-order valence-electron chi connectivity index (χ0n) is 11.0. The largest absolute Gasteiger partial charge is 0.496 e. The highest BCUT2D eigenvalue weighted by Gasteiger charge is 2.30. The Morgan fingerprint density at radius 1 is 0.947 bits per heavy atom. The number of aromatic carboxylic acids is 1. The SMILES string of the molecule is COC(=O)c1c(OC)cc(OC)c(OC)c1C(=O)O. The summed E-state index contributed by atoms with van der Waals surface area (Å²) in [5.41, 5.74) is -0.597. The molecule has 0 aliphatic rings. The van der Waals surface area contributed by atoms with Gasteiger partial charge in [-0.3, -0.25) is 0 Å². The first kappa shape index (κ1) is 14.6. The van der Waals surface area contributed by atoms with E-state index in [-0.39, 0.29) is 28.4 Å². The Bertz CT molecular complexity index is 507. The van der Waals surface area contributed by atoms with Crippen LogP contribution in [0.2, 0.25) is 0 Å². The molecule has 0 heterocycles. The predicted octanol–water partition coefficient (Wildman–Crippen LogP) is 1.20. The molecule has 1 rings (SSSR count). The second-order valence-corrected chi connectivity index (χ2v) is 3.36. The highest BCUT2D eigenvalue weighted by atomic mass is 16.5. The molecule has 0 fully saturated rings. The Labute approximate surface area is 109 Å². The maximum absolute atomic E-state index is 11.7. The number of hydrogen-bond acceptors (Lipinski definition) is 6. The van der Waals surface area contributed by atoms with Gasteiger partial charge in [-0.25, -0.2) is 9.59 Å². The van der Waals surface area contributed by atoms with E-state index in [1.807, 2.05) is 0 Å². The normalized spacial score (nSPS) is 9.68. The first-order chi connectivity index (χ1) is 9.01. The van der Waals surface area contributed by atoms with E-state index in [4.69, 9.17) is 14.2 Å². The number of benzene rings is 1. The summed E-state index contributed by atoms with van der Waals surface area (Å²) in [5.74, 6) is -2.09. The third-order valence-electron chi connectivity index (χ3n) is 2.46. The highest BCUT2D eigenvalue weighted by Crippen LogP contribution is 2.39. The zero-order chi connectivity index (χ0) is 14.6. The number of carbonyl (C=O) groups excluding carboxylic acids is 1. The minimum Gasteiger partial charge on any atom is -0.496 e. The Kier molecular flexibility index (Phi) is 4.57. The first-order valence-electron chi connectivity index (χ1n) is 5.16. The zero-order valence-corrected chi connectivity index (χ0v) is 11.0. The molecule has 0 saturated carbocycles. The summed E-state index contributed by atoms with van der Waals surface area (Å²) < 4.78 is 19.6. The number of methoxy groups -OCH3 is 4. The van der Waals surface area contributed by atoms with Crippen molar-refractivity contribution in [2.45, 2.75) is 0 Å². The Morgan fingerprint density at radius 2 is 1.53 bits per heavy atom. The molecule has 0 amide bonds. The standard InChI is InChI=1S/C12H14O7/c1-16-6-5-7(17-2)10(18-3)9(11(13)14)8(6)12(15)19-4/h5H,1-4H3,(H,13,14). The summed E-state index contributed by atoms with van der Waals surface area (Å²) in [6.45, 7) is 0. The summed E-state index contributed by atoms with van der Waals surface area (Å²) in [5, 5.41) is 9.26. The van der Waals surface area contributed by atoms with Crippen molar-refractivity contribution in [1.82, 2.24) is 0 Å². The number of carbonyl (C=O) groups is 2. The molecule has 104 valence electrons. The Balaban J connectivity index is 3.75. The second-order valence-electron chi connectivity index (χ2n) is 3.36. The lowest BCUT2D eigenvalue weighted by molar-refractivity contribution is 0.0576. The van der Waals surface area contributed by atoms with Crippen LogP contribution in [-0.4, -0.2) is 45.5 Å². The van der Waals surface area contributed by atoms with Gasteiger partial charge in [0.1, 0.15) is 16.9 Å². The smallest absolute Gasteiger partial charge is 0.342 e. The summed E-state index contributed by atoms with van der Waals surface area (Å²) in [4.78, 5) is 23.1. The molecule has 7 heteroatoms. The van der Waals surface area contributed by atoms with Crippen LogP contribution < -0.4 is 14.2 Å². The van der Waals surface area contributed by atoms with E-state index in [2.05, 4.69) is 4.74 Å². The molecule has 1 N–H and O–H groups in total. The second kappa shape index (κ2) is 5.94. The van der Waals surface area contributed by atoms with Gasteiger partial charge in [-0.15, -0.1) is 0 Å². The van der Waals surface area contributed by atoms with Gasteiger partial charge in [-0.05, 0) is 0 Å². The number of esters is 1. The number of hydrogen-bond donors (Lipinski definition) is 1. The van der Waals surface area contributed by atoms with E-state index in [9.17, 15) is 14.7 Å². The van der Waals surface area contributed by atoms with Crippen molar-refractivity contribution in [2.24, 2.45) is 0 Å². The molecule has 1 aromatic carbocycles. The van der Waals surface area contributed by atoms with Crippen molar-refractivity contribution in [3.05, 3.63) is 17.2 Å². The number of rotatable bonds is 5. The third-order valence-corrected chi connectivity index (χ3v) is 2.46. The number of ether oxygens (including phenoxy) is 4. The van der Waals surface area contributed by atoms with Crippen LogP contribution in [0.4, 0.5) is 0 Å².